The number of quaternary nitrogens is 1. The molecule has 57 heavy (non-hydrogen) atoms. The number of carbonyl (C=O) groups excluding carboxylic acids is 3. The minimum Gasteiger partial charge on any atom is -0.545 e. The van der Waals surface area contributed by atoms with Gasteiger partial charge in [0.1, 0.15) is 13.2 Å². The predicted molar refractivity (Wildman–Crippen MR) is 233 cm³/mol. The fourth-order valence-electron chi connectivity index (χ4n) is 6.51. The van der Waals surface area contributed by atoms with Gasteiger partial charge in [-0.05, 0) is 44.9 Å². The van der Waals surface area contributed by atoms with Gasteiger partial charge in [-0.1, -0.05) is 173 Å². The first kappa shape index (κ1) is 54.8. The lowest BCUT2D eigenvalue weighted by atomic mass is 10.0. The highest BCUT2D eigenvalue weighted by molar-refractivity contribution is 5.70. The van der Waals surface area contributed by atoms with Gasteiger partial charge in [0, 0.05) is 12.8 Å². The number of nitrogens with zero attached hydrogens (tertiary/aromatic N) is 1. The molecule has 9 nitrogen and oxygen atoms in total. The summed E-state index contributed by atoms with van der Waals surface area (Å²) in [5, 5.41) is 11.7. The number of carboxylic acid groups (broad SMARTS) is 1. The first-order valence-electron chi connectivity index (χ1n) is 23.5. The number of likely N-dealkylation sites (N-methyl/N-ethyl adjacent to an activating group) is 1. The van der Waals surface area contributed by atoms with Crippen LogP contribution in [0.25, 0.3) is 0 Å². The molecule has 2 atom stereocenters. The molecule has 2 unspecified atom stereocenters. The number of carboxylic acids is 1. The van der Waals surface area contributed by atoms with Crippen molar-refractivity contribution in [3.63, 3.8) is 0 Å². The second-order valence-electron chi connectivity index (χ2n) is 17.1. The van der Waals surface area contributed by atoms with Crippen LogP contribution < -0.4 is 5.11 Å². The van der Waals surface area contributed by atoms with Crippen molar-refractivity contribution in [1.82, 2.24) is 0 Å². The summed E-state index contributed by atoms with van der Waals surface area (Å²) in [7, 11) is 5.91. The van der Waals surface area contributed by atoms with Crippen molar-refractivity contribution in [3.8, 4) is 0 Å². The molecule has 0 aliphatic heterocycles. The monoisotopic (exact) mass is 808 g/mol. The molecule has 0 bridgehead atoms. The van der Waals surface area contributed by atoms with E-state index in [9.17, 15) is 19.5 Å². The van der Waals surface area contributed by atoms with E-state index in [2.05, 4.69) is 38.2 Å². The first-order chi connectivity index (χ1) is 27.6. The molecule has 0 saturated heterocycles. The average Bonchev–Trinajstić information content (AvgIpc) is 3.17. The third-order valence-electron chi connectivity index (χ3n) is 10.2. The van der Waals surface area contributed by atoms with Gasteiger partial charge in [-0.3, -0.25) is 9.59 Å². The van der Waals surface area contributed by atoms with Gasteiger partial charge < -0.3 is 33.3 Å². The van der Waals surface area contributed by atoms with Crippen LogP contribution in [0.1, 0.15) is 206 Å². The van der Waals surface area contributed by atoms with E-state index >= 15 is 0 Å². The molecule has 0 rings (SSSR count). The summed E-state index contributed by atoms with van der Waals surface area (Å²) in [5.41, 5.74) is 0. The fraction of sp³-hybridized carbons (Fsp3) is 0.854. The summed E-state index contributed by atoms with van der Waals surface area (Å²) in [5.74, 6) is -2.29. The number of unbranched alkanes of at least 4 members (excludes halogenated alkanes) is 24. The number of hydrogen-bond acceptors (Lipinski definition) is 8. The predicted octanol–water partition coefficient (Wildman–Crippen LogP) is 11.1. The molecule has 0 aromatic heterocycles. The lowest BCUT2D eigenvalue weighted by molar-refractivity contribution is -0.870. The quantitative estimate of drug-likeness (QED) is 0.0197. The second kappa shape index (κ2) is 40.5. The molecule has 0 heterocycles. The molecule has 0 spiro atoms. The second-order valence-corrected chi connectivity index (χ2v) is 17.1. The number of ether oxygens (including phenoxy) is 4. The standard InChI is InChI=1S/C48H89NO8/c1-6-8-10-12-14-16-18-20-22-24-26-28-30-32-34-36-38-45(50)55-42-44(43-56-48(47(52)53)54-41-40-49(3,4)5)57-46(51)39-37-35-33-31-29-27-25-23-21-19-17-15-13-11-9-7-2/h17,19,23,25,44,48H,6-16,18,20-22,24,26-43H2,1-5H3/b19-17-,25-23-. The van der Waals surface area contributed by atoms with Gasteiger partial charge in [-0.2, -0.15) is 0 Å². The van der Waals surface area contributed by atoms with Crippen LogP contribution in [-0.4, -0.2) is 82.3 Å². The van der Waals surface area contributed by atoms with Crippen molar-refractivity contribution in [3.05, 3.63) is 24.3 Å². The van der Waals surface area contributed by atoms with Gasteiger partial charge >= 0.3 is 11.9 Å². The van der Waals surface area contributed by atoms with E-state index < -0.39 is 24.3 Å². The van der Waals surface area contributed by atoms with Gasteiger partial charge in [-0.15, -0.1) is 0 Å². The van der Waals surface area contributed by atoms with Crippen molar-refractivity contribution < 1.29 is 42.9 Å². The summed E-state index contributed by atoms with van der Waals surface area (Å²) in [6.07, 6.45) is 40.6. The molecule has 0 aliphatic carbocycles. The number of allylic oxidation sites excluding steroid dienone is 4. The molecule has 0 aromatic rings. The zero-order chi connectivity index (χ0) is 42.1. The van der Waals surface area contributed by atoms with Crippen molar-refractivity contribution in [2.75, 3.05) is 47.5 Å². The molecule has 9 heteroatoms. The van der Waals surface area contributed by atoms with Gasteiger partial charge in [0.05, 0.1) is 40.3 Å². The van der Waals surface area contributed by atoms with Crippen molar-refractivity contribution in [1.29, 1.82) is 0 Å². The van der Waals surface area contributed by atoms with Crippen molar-refractivity contribution in [2.45, 2.75) is 219 Å². The summed E-state index contributed by atoms with van der Waals surface area (Å²) >= 11 is 0. The third kappa shape index (κ3) is 41.7. The highest BCUT2D eigenvalue weighted by Crippen LogP contribution is 2.15. The number of carbonyl (C=O) groups is 3. The maximum atomic E-state index is 12.7. The minimum absolute atomic E-state index is 0.147. The summed E-state index contributed by atoms with van der Waals surface area (Å²) in [4.78, 5) is 37.0. The smallest absolute Gasteiger partial charge is 0.306 e. The van der Waals surface area contributed by atoms with Gasteiger partial charge in [-0.25, -0.2) is 0 Å². The fourth-order valence-corrected chi connectivity index (χ4v) is 6.51. The number of rotatable bonds is 43. The van der Waals surface area contributed by atoms with Crippen LogP contribution in [0.5, 0.6) is 0 Å². The number of hydrogen-bond donors (Lipinski definition) is 0. The Labute approximate surface area is 350 Å². The maximum Gasteiger partial charge on any atom is 0.306 e. The Morgan fingerprint density at radius 1 is 0.526 bits per heavy atom. The molecular formula is C48H89NO8. The molecule has 0 aromatic carbocycles. The van der Waals surface area contributed by atoms with Crippen LogP contribution >= 0.6 is 0 Å². The molecule has 0 amide bonds. The Kier molecular flexibility index (Phi) is 39.0. The Morgan fingerprint density at radius 3 is 1.40 bits per heavy atom. The van der Waals surface area contributed by atoms with Crippen LogP contribution in [0.2, 0.25) is 0 Å². The highest BCUT2D eigenvalue weighted by Gasteiger charge is 2.21. The average molecular weight is 808 g/mol. The van der Waals surface area contributed by atoms with E-state index in [0.29, 0.717) is 23.9 Å². The normalized spacial score (nSPS) is 13.1. The largest absolute Gasteiger partial charge is 0.545 e. The SMILES string of the molecule is CCCCCC/C=C\C/C=C\CCCCCCCC(=O)OC(COC(=O)CCCCCCCCCCCCCCCCCC)COC(OCC[N+](C)(C)C)C(=O)[O-]. The van der Waals surface area contributed by atoms with E-state index in [1.54, 1.807) is 0 Å². The van der Waals surface area contributed by atoms with E-state index in [1.165, 1.54) is 116 Å². The van der Waals surface area contributed by atoms with Crippen molar-refractivity contribution >= 4 is 17.9 Å². The van der Waals surface area contributed by atoms with Crippen LogP contribution in [0.3, 0.4) is 0 Å². The van der Waals surface area contributed by atoms with E-state index in [4.69, 9.17) is 18.9 Å². The lowest BCUT2D eigenvalue weighted by Crippen LogP contribution is -2.44. The summed E-state index contributed by atoms with van der Waals surface area (Å²) in [6.45, 7) is 4.72. The Morgan fingerprint density at radius 2 is 0.947 bits per heavy atom. The summed E-state index contributed by atoms with van der Waals surface area (Å²) in [6, 6.07) is 0. The van der Waals surface area contributed by atoms with Crippen molar-refractivity contribution in [2.24, 2.45) is 0 Å². The molecular weight excluding hydrogens is 719 g/mol. The topological polar surface area (TPSA) is 111 Å². The molecule has 0 N–H and O–H groups in total. The Balaban J connectivity index is 4.42. The molecule has 0 fully saturated rings. The first-order valence-corrected chi connectivity index (χ1v) is 23.5. The van der Waals surface area contributed by atoms with Crippen LogP contribution in [-0.2, 0) is 33.3 Å². The zero-order valence-electron chi connectivity index (χ0n) is 37.7. The van der Waals surface area contributed by atoms with E-state index in [-0.39, 0.29) is 32.2 Å². The molecule has 334 valence electrons. The van der Waals surface area contributed by atoms with Gasteiger partial charge in [0.15, 0.2) is 12.4 Å². The Bertz CT molecular complexity index is 991. The van der Waals surface area contributed by atoms with Gasteiger partial charge in [0.25, 0.3) is 0 Å². The summed E-state index contributed by atoms with van der Waals surface area (Å²) < 4.78 is 22.6. The van der Waals surface area contributed by atoms with E-state index in [1.807, 2.05) is 21.1 Å². The minimum atomic E-state index is -1.62. The zero-order valence-corrected chi connectivity index (χ0v) is 37.7. The molecule has 0 radical (unpaired) electrons. The maximum absolute atomic E-state index is 12.7. The van der Waals surface area contributed by atoms with Crippen LogP contribution in [0, 0.1) is 0 Å². The van der Waals surface area contributed by atoms with Gasteiger partial charge in [0.2, 0.25) is 0 Å². The highest BCUT2D eigenvalue weighted by atomic mass is 16.7. The lowest BCUT2D eigenvalue weighted by Gasteiger charge is -2.26. The third-order valence-corrected chi connectivity index (χ3v) is 10.2. The Hall–Kier alpha value is -2.23. The van der Waals surface area contributed by atoms with Crippen LogP contribution in [0.15, 0.2) is 24.3 Å². The van der Waals surface area contributed by atoms with Crippen LogP contribution in [0.4, 0.5) is 0 Å². The molecule has 0 saturated carbocycles. The number of esters is 2. The number of aliphatic carboxylic acids is 1. The molecule has 0 aliphatic rings. The van der Waals surface area contributed by atoms with E-state index in [0.717, 1.165) is 57.8 Å².